The second-order valence-electron chi connectivity index (χ2n) is 6.94. The van der Waals surface area contributed by atoms with E-state index >= 15 is 0 Å². The Balaban J connectivity index is 1.53. The molecule has 1 amide bonds. The van der Waals surface area contributed by atoms with Gasteiger partial charge in [-0.25, -0.2) is 0 Å². The summed E-state index contributed by atoms with van der Waals surface area (Å²) < 4.78 is 0. The van der Waals surface area contributed by atoms with Gasteiger partial charge in [-0.2, -0.15) is 11.8 Å². The maximum absolute atomic E-state index is 12.5. The number of rotatable bonds is 7. The van der Waals surface area contributed by atoms with Crippen molar-refractivity contribution in [2.24, 2.45) is 0 Å². The Morgan fingerprint density at radius 1 is 1.11 bits per heavy atom. The normalized spacial score (nSPS) is 14.9. The Bertz CT molecular complexity index is 840. The molecule has 1 heterocycles. The summed E-state index contributed by atoms with van der Waals surface area (Å²) in [4.78, 5) is 27.0. The first-order chi connectivity index (χ1) is 13.6. The lowest BCUT2D eigenvalue weighted by Gasteiger charge is -2.25. The number of amides is 1. The molecule has 1 N–H and O–H groups in total. The zero-order valence-corrected chi connectivity index (χ0v) is 17.0. The lowest BCUT2D eigenvalue weighted by molar-refractivity contribution is -0.111. The van der Waals surface area contributed by atoms with Gasteiger partial charge in [0.15, 0.2) is 5.78 Å². The van der Waals surface area contributed by atoms with Crippen LogP contribution in [0.5, 0.6) is 0 Å². The van der Waals surface area contributed by atoms with Crippen LogP contribution in [-0.4, -0.2) is 47.7 Å². The van der Waals surface area contributed by atoms with Gasteiger partial charge in [0.2, 0.25) is 5.91 Å². The number of hydrogen-bond donors (Lipinski definition) is 1. The zero-order chi connectivity index (χ0) is 19.8. The van der Waals surface area contributed by atoms with Gasteiger partial charge in [0.05, 0.1) is 0 Å². The van der Waals surface area contributed by atoms with Crippen LogP contribution < -0.4 is 5.32 Å². The molecule has 3 rings (SSSR count). The number of aryl methyl sites for hydroxylation is 1. The highest BCUT2D eigenvalue weighted by atomic mass is 32.2. The second kappa shape index (κ2) is 10.2. The predicted octanol–water partition coefficient (Wildman–Crippen LogP) is 4.27. The standard InChI is InChI=1S/C23H26N2O2S/c1-18-5-7-19(8-6-18)9-10-23(27)24-21-4-2-3-20(17-21)22(26)11-12-25-13-15-28-16-14-25/h2-10,17H,11-16H2,1H3,(H,24,27)/b10-9+. The highest BCUT2D eigenvalue weighted by Crippen LogP contribution is 2.15. The van der Waals surface area contributed by atoms with Crippen LogP contribution in [0, 0.1) is 6.92 Å². The number of benzene rings is 2. The van der Waals surface area contributed by atoms with Crippen molar-refractivity contribution < 1.29 is 9.59 Å². The van der Waals surface area contributed by atoms with E-state index in [1.165, 1.54) is 11.6 Å². The van der Waals surface area contributed by atoms with Gasteiger partial charge >= 0.3 is 0 Å². The summed E-state index contributed by atoms with van der Waals surface area (Å²) >= 11 is 1.97. The third kappa shape index (κ3) is 6.36. The molecule has 2 aromatic rings. The molecule has 146 valence electrons. The number of nitrogens with one attached hydrogen (secondary N) is 1. The molecule has 2 aromatic carbocycles. The summed E-state index contributed by atoms with van der Waals surface area (Å²) in [6.45, 7) is 4.94. The third-order valence-corrected chi connectivity index (χ3v) is 5.66. The number of Topliss-reactive ketones (excluding diaryl/α,β-unsaturated/α-hetero) is 1. The Hall–Kier alpha value is -2.37. The minimum absolute atomic E-state index is 0.115. The molecule has 0 unspecified atom stereocenters. The van der Waals surface area contributed by atoms with Crippen molar-refractivity contribution in [3.63, 3.8) is 0 Å². The van der Waals surface area contributed by atoms with E-state index in [0.717, 1.165) is 36.7 Å². The van der Waals surface area contributed by atoms with Crippen LogP contribution >= 0.6 is 11.8 Å². The maximum Gasteiger partial charge on any atom is 0.248 e. The summed E-state index contributed by atoms with van der Waals surface area (Å²) in [5.74, 6) is 2.19. The summed E-state index contributed by atoms with van der Waals surface area (Å²) in [5, 5.41) is 2.83. The fourth-order valence-corrected chi connectivity index (χ4v) is 4.01. The average molecular weight is 395 g/mol. The van der Waals surface area contributed by atoms with Crippen molar-refractivity contribution >= 4 is 35.2 Å². The maximum atomic E-state index is 12.5. The number of thioether (sulfide) groups is 1. The SMILES string of the molecule is Cc1ccc(/C=C/C(=O)Nc2cccc(C(=O)CCN3CCSCC3)c2)cc1. The molecule has 0 aromatic heterocycles. The highest BCUT2D eigenvalue weighted by Gasteiger charge is 2.13. The lowest BCUT2D eigenvalue weighted by atomic mass is 10.1. The van der Waals surface area contributed by atoms with Gasteiger partial charge < -0.3 is 10.2 Å². The molecule has 5 heteroatoms. The van der Waals surface area contributed by atoms with Gasteiger partial charge in [-0.3, -0.25) is 9.59 Å². The molecule has 28 heavy (non-hydrogen) atoms. The molecule has 1 saturated heterocycles. The van der Waals surface area contributed by atoms with Crippen LogP contribution in [0.1, 0.15) is 27.9 Å². The fourth-order valence-electron chi connectivity index (χ4n) is 3.03. The lowest BCUT2D eigenvalue weighted by Crippen LogP contribution is -2.34. The monoisotopic (exact) mass is 394 g/mol. The first-order valence-electron chi connectivity index (χ1n) is 9.59. The molecule has 1 aliphatic rings. The van der Waals surface area contributed by atoms with Crippen molar-refractivity contribution in [1.29, 1.82) is 0 Å². The molecule has 0 radical (unpaired) electrons. The van der Waals surface area contributed by atoms with Gasteiger partial charge in [0, 0.05) is 54.9 Å². The minimum atomic E-state index is -0.212. The number of anilines is 1. The molecule has 0 bridgehead atoms. The summed E-state index contributed by atoms with van der Waals surface area (Å²) in [6.07, 6.45) is 3.80. The number of hydrogen-bond acceptors (Lipinski definition) is 4. The Morgan fingerprint density at radius 3 is 2.61 bits per heavy atom. The zero-order valence-electron chi connectivity index (χ0n) is 16.2. The highest BCUT2D eigenvalue weighted by molar-refractivity contribution is 7.99. The van der Waals surface area contributed by atoms with Crippen molar-refractivity contribution in [3.05, 3.63) is 71.3 Å². The van der Waals surface area contributed by atoms with E-state index < -0.39 is 0 Å². The van der Waals surface area contributed by atoms with Crippen molar-refractivity contribution in [2.75, 3.05) is 36.5 Å². The fraction of sp³-hybridized carbons (Fsp3) is 0.304. The second-order valence-corrected chi connectivity index (χ2v) is 8.17. The third-order valence-electron chi connectivity index (χ3n) is 4.72. The average Bonchev–Trinajstić information content (AvgIpc) is 2.72. The van der Waals surface area contributed by atoms with E-state index in [4.69, 9.17) is 0 Å². The predicted molar refractivity (Wildman–Crippen MR) is 118 cm³/mol. The topological polar surface area (TPSA) is 49.4 Å². The van der Waals surface area contributed by atoms with Gasteiger partial charge in [0.25, 0.3) is 0 Å². The molecule has 1 fully saturated rings. The summed E-state index contributed by atoms with van der Waals surface area (Å²) in [6, 6.07) is 15.1. The van der Waals surface area contributed by atoms with Crippen LogP contribution in [0.15, 0.2) is 54.6 Å². The largest absolute Gasteiger partial charge is 0.322 e. The van der Waals surface area contributed by atoms with Gasteiger partial charge in [-0.15, -0.1) is 0 Å². The molecule has 0 spiro atoms. The first kappa shape index (κ1) is 20.4. The minimum Gasteiger partial charge on any atom is -0.322 e. The van der Waals surface area contributed by atoms with E-state index in [2.05, 4.69) is 10.2 Å². The molecule has 4 nitrogen and oxygen atoms in total. The molecule has 0 atom stereocenters. The number of ketones is 1. The molecule has 1 aliphatic heterocycles. The number of nitrogens with zero attached hydrogens (tertiary/aromatic N) is 1. The van der Waals surface area contributed by atoms with Crippen LogP contribution in [-0.2, 0) is 4.79 Å². The van der Waals surface area contributed by atoms with Crippen LogP contribution in [0.3, 0.4) is 0 Å². The Labute approximate surface area is 171 Å². The van der Waals surface area contributed by atoms with E-state index in [1.807, 2.05) is 55.1 Å². The van der Waals surface area contributed by atoms with E-state index in [-0.39, 0.29) is 11.7 Å². The van der Waals surface area contributed by atoms with E-state index in [0.29, 0.717) is 17.7 Å². The van der Waals surface area contributed by atoms with Crippen molar-refractivity contribution in [2.45, 2.75) is 13.3 Å². The molecular weight excluding hydrogens is 368 g/mol. The van der Waals surface area contributed by atoms with Gasteiger partial charge in [0.1, 0.15) is 0 Å². The Kier molecular flexibility index (Phi) is 7.46. The Morgan fingerprint density at radius 2 is 1.86 bits per heavy atom. The van der Waals surface area contributed by atoms with Crippen LogP contribution in [0.2, 0.25) is 0 Å². The molecular formula is C23H26N2O2S. The van der Waals surface area contributed by atoms with E-state index in [9.17, 15) is 9.59 Å². The van der Waals surface area contributed by atoms with Crippen molar-refractivity contribution in [3.8, 4) is 0 Å². The summed E-state index contributed by atoms with van der Waals surface area (Å²) in [5.41, 5.74) is 3.44. The van der Waals surface area contributed by atoms with Crippen molar-refractivity contribution in [1.82, 2.24) is 4.90 Å². The number of carbonyl (C=O) groups excluding carboxylic acids is 2. The number of carbonyl (C=O) groups is 2. The van der Waals surface area contributed by atoms with E-state index in [1.54, 1.807) is 18.2 Å². The van der Waals surface area contributed by atoms with Crippen LogP contribution in [0.4, 0.5) is 5.69 Å². The first-order valence-corrected chi connectivity index (χ1v) is 10.7. The van der Waals surface area contributed by atoms with Gasteiger partial charge in [-0.1, -0.05) is 42.0 Å². The van der Waals surface area contributed by atoms with Gasteiger partial charge in [-0.05, 0) is 30.7 Å². The quantitative estimate of drug-likeness (QED) is 0.563. The molecule has 0 saturated carbocycles. The summed E-state index contributed by atoms with van der Waals surface area (Å²) in [7, 11) is 0. The molecule has 0 aliphatic carbocycles. The van der Waals surface area contributed by atoms with Crippen LogP contribution in [0.25, 0.3) is 6.08 Å². The smallest absolute Gasteiger partial charge is 0.248 e.